The minimum Gasteiger partial charge on any atom is -0.452 e. The molecule has 1 aromatic heterocycles. The van der Waals surface area contributed by atoms with Gasteiger partial charge in [-0.1, -0.05) is 0 Å². The Morgan fingerprint density at radius 3 is 2.69 bits per heavy atom. The number of carbonyl (C=O) groups is 1. The van der Waals surface area contributed by atoms with Crippen LogP contribution >= 0.6 is 0 Å². The largest absolute Gasteiger partial charge is 0.452 e. The predicted molar refractivity (Wildman–Crippen MR) is 84.1 cm³/mol. The first-order valence-electron chi connectivity index (χ1n) is 7.71. The number of halogens is 1. The molecular weight excluding hydrogens is 369 g/mol. The highest BCUT2D eigenvalue weighted by Crippen LogP contribution is 2.21. The van der Waals surface area contributed by atoms with Gasteiger partial charge >= 0.3 is 5.97 Å². The third-order valence-electron chi connectivity index (χ3n) is 3.66. The van der Waals surface area contributed by atoms with Crippen LogP contribution in [0, 0.1) is 12.7 Å². The molecule has 0 unspecified atom stereocenters. The molecule has 1 aliphatic rings. The summed E-state index contributed by atoms with van der Waals surface area (Å²) in [5.74, 6) is -1.58. The smallest absolute Gasteiger partial charge is 0.341 e. The van der Waals surface area contributed by atoms with Gasteiger partial charge in [-0.05, 0) is 18.2 Å². The SMILES string of the molecule is Cc1nnc(COC(=O)c2cc(S(=O)(=O)N3CCOCC3)ccc2F)o1. The monoisotopic (exact) mass is 385 g/mol. The second kappa shape index (κ2) is 7.48. The highest BCUT2D eigenvalue weighted by atomic mass is 32.2. The molecule has 1 aliphatic heterocycles. The van der Waals surface area contributed by atoms with Crippen molar-refractivity contribution < 1.29 is 31.5 Å². The Hall–Kier alpha value is -2.37. The van der Waals surface area contributed by atoms with Crippen LogP contribution in [0.2, 0.25) is 0 Å². The minimum atomic E-state index is -3.86. The van der Waals surface area contributed by atoms with Gasteiger partial charge in [0.1, 0.15) is 5.82 Å². The average molecular weight is 385 g/mol. The molecule has 2 heterocycles. The Labute approximate surface area is 148 Å². The maximum absolute atomic E-state index is 14.0. The van der Waals surface area contributed by atoms with Crippen molar-refractivity contribution in [2.24, 2.45) is 0 Å². The fourth-order valence-electron chi connectivity index (χ4n) is 2.36. The third kappa shape index (κ3) is 3.89. The number of hydrogen-bond donors (Lipinski definition) is 0. The van der Waals surface area contributed by atoms with E-state index in [1.165, 1.54) is 4.31 Å². The summed E-state index contributed by atoms with van der Waals surface area (Å²) in [5, 5.41) is 7.23. The van der Waals surface area contributed by atoms with E-state index >= 15 is 0 Å². The fourth-order valence-corrected chi connectivity index (χ4v) is 3.79. The molecule has 0 bridgehead atoms. The summed E-state index contributed by atoms with van der Waals surface area (Å²) in [6.45, 7) is 2.15. The van der Waals surface area contributed by atoms with Crippen molar-refractivity contribution in [2.75, 3.05) is 26.3 Å². The van der Waals surface area contributed by atoms with Crippen LogP contribution in [0.4, 0.5) is 4.39 Å². The molecule has 1 fully saturated rings. The first-order valence-corrected chi connectivity index (χ1v) is 9.15. The molecule has 26 heavy (non-hydrogen) atoms. The molecule has 0 amide bonds. The lowest BCUT2D eigenvalue weighted by molar-refractivity contribution is 0.0431. The summed E-state index contributed by atoms with van der Waals surface area (Å²) in [5.41, 5.74) is -0.490. The van der Waals surface area contributed by atoms with Crippen LogP contribution in [0.25, 0.3) is 0 Å². The van der Waals surface area contributed by atoms with Gasteiger partial charge in [0.05, 0.1) is 23.7 Å². The van der Waals surface area contributed by atoms with E-state index in [1.807, 2.05) is 0 Å². The fraction of sp³-hybridized carbons (Fsp3) is 0.400. The topological polar surface area (TPSA) is 112 Å². The number of ether oxygens (including phenoxy) is 2. The molecule has 0 atom stereocenters. The first-order chi connectivity index (χ1) is 12.4. The van der Waals surface area contributed by atoms with E-state index in [2.05, 4.69) is 10.2 Å². The molecule has 1 aromatic carbocycles. The first kappa shape index (κ1) is 18.4. The lowest BCUT2D eigenvalue weighted by Crippen LogP contribution is -2.40. The standard InChI is InChI=1S/C15H16FN3O6S/c1-10-17-18-14(25-10)9-24-15(20)12-8-11(2-3-13(12)16)26(21,22)19-4-6-23-7-5-19/h2-3,8H,4-7,9H2,1H3. The van der Waals surface area contributed by atoms with Crippen molar-refractivity contribution in [3.63, 3.8) is 0 Å². The molecular formula is C15H16FN3O6S. The summed E-state index contributed by atoms with van der Waals surface area (Å²) >= 11 is 0. The summed E-state index contributed by atoms with van der Waals surface area (Å²) in [4.78, 5) is 11.9. The molecule has 2 aromatic rings. The zero-order valence-electron chi connectivity index (χ0n) is 13.8. The predicted octanol–water partition coefficient (Wildman–Crippen LogP) is 0.895. The maximum atomic E-state index is 14.0. The Morgan fingerprint density at radius 1 is 1.31 bits per heavy atom. The molecule has 0 radical (unpaired) electrons. The summed E-state index contributed by atoms with van der Waals surface area (Å²) in [7, 11) is -3.86. The lowest BCUT2D eigenvalue weighted by Gasteiger charge is -2.26. The Kier molecular flexibility index (Phi) is 5.30. The highest BCUT2D eigenvalue weighted by Gasteiger charge is 2.28. The van der Waals surface area contributed by atoms with E-state index in [0.717, 1.165) is 18.2 Å². The van der Waals surface area contributed by atoms with E-state index in [1.54, 1.807) is 6.92 Å². The molecule has 0 saturated carbocycles. The maximum Gasteiger partial charge on any atom is 0.341 e. The van der Waals surface area contributed by atoms with Crippen molar-refractivity contribution in [2.45, 2.75) is 18.4 Å². The molecule has 1 saturated heterocycles. The lowest BCUT2D eigenvalue weighted by atomic mass is 10.2. The number of rotatable bonds is 5. The number of sulfonamides is 1. The Morgan fingerprint density at radius 2 is 2.04 bits per heavy atom. The van der Waals surface area contributed by atoms with Crippen molar-refractivity contribution in [3.05, 3.63) is 41.4 Å². The molecule has 11 heteroatoms. The summed E-state index contributed by atoms with van der Waals surface area (Å²) in [6.07, 6.45) is 0. The van der Waals surface area contributed by atoms with Crippen molar-refractivity contribution in [3.8, 4) is 0 Å². The molecule has 9 nitrogen and oxygen atoms in total. The third-order valence-corrected chi connectivity index (χ3v) is 5.55. The van der Waals surface area contributed by atoms with Crippen LogP contribution in [-0.4, -0.2) is 55.2 Å². The average Bonchev–Trinajstić information content (AvgIpc) is 3.06. The van der Waals surface area contributed by atoms with Crippen LogP contribution in [0.5, 0.6) is 0 Å². The number of carbonyl (C=O) groups excluding carboxylic acids is 1. The van der Waals surface area contributed by atoms with E-state index < -0.39 is 27.4 Å². The van der Waals surface area contributed by atoms with Crippen LogP contribution in [-0.2, 0) is 26.1 Å². The summed E-state index contributed by atoms with van der Waals surface area (Å²) < 4.78 is 55.6. The van der Waals surface area contributed by atoms with Gasteiger partial charge in [-0.15, -0.1) is 10.2 Å². The molecule has 3 rings (SSSR count). The van der Waals surface area contributed by atoms with Crippen LogP contribution in [0.15, 0.2) is 27.5 Å². The Bertz CT molecular complexity index is 908. The van der Waals surface area contributed by atoms with Gasteiger partial charge in [0.15, 0.2) is 6.61 Å². The number of nitrogens with zero attached hydrogens (tertiary/aromatic N) is 3. The van der Waals surface area contributed by atoms with E-state index in [0.29, 0.717) is 5.89 Å². The zero-order valence-corrected chi connectivity index (χ0v) is 14.7. The number of benzene rings is 1. The van der Waals surface area contributed by atoms with E-state index in [-0.39, 0.29) is 43.7 Å². The number of esters is 1. The van der Waals surface area contributed by atoms with Crippen molar-refractivity contribution in [1.29, 1.82) is 0 Å². The van der Waals surface area contributed by atoms with Crippen LogP contribution in [0.3, 0.4) is 0 Å². The van der Waals surface area contributed by atoms with Gasteiger partial charge in [0.2, 0.25) is 15.9 Å². The molecule has 0 N–H and O–H groups in total. The van der Waals surface area contributed by atoms with E-state index in [9.17, 15) is 17.6 Å². The number of hydrogen-bond acceptors (Lipinski definition) is 8. The number of aryl methyl sites for hydroxylation is 1. The second-order valence-electron chi connectivity index (χ2n) is 5.45. The normalized spacial score (nSPS) is 15.8. The van der Waals surface area contributed by atoms with Gasteiger partial charge in [0, 0.05) is 20.0 Å². The number of aromatic nitrogens is 2. The zero-order chi connectivity index (χ0) is 18.7. The molecule has 0 spiro atoms. The minimum absolute atomic E-state index is 0.0494. The van der Waals surface area contributed by atoms with Crippen molar-refractivity contribution >= 4 is 16.0 Å². The Balaban J connectivity index is 1.79. The van der Waals surface area contributed by atoms with Crippen LogP contribution in [0.1, 0.15) is 22.1 Å². The van der Waals surface area contributed by atoms with E-state index in [4.69, 9.17) is 13.9 Å². The molecule has 140 valence electrons. The van der Waals surface area contributed by atoms with Gasteiger partial charge < -0.3 is 13.9 Å². The van der Waals surface area contributed by atoms with Gasteiger partial charge in [-0.25, -0.2) is 17.6 Å². The molecule has 0 aliphatic carbocycles. The summed E-state index contributed by atoms with van der Waals surface area (Å²) in [6, 6.07) is 2.99. The van der Waals surface area contributed by atoms with Crippen LogP contribution < -0.4 is 0 Å². The van der Waals surface area contributed by atoms with Crippen molar-refractivity contribution in [1.82, 2.24) is 14.5 Å². The van der Waals surface area contributed by atoms with Gasteiger partial charge in [-0.3, -0.25) is 0 Å². The quantitative estimate of drug-likeness (QED) is 0.698. The highest BCUT2D eigenvalue weighted by molar-refractivity contribution is 7.89. The van der Waals surface area contributed by atoms with Gasteiger partial charge in [0.25, 0.3) is 5.89 Å². The number of morpholine rings is 1. The second-order valence-corrected chi connectivity index (χ2v) is 7.39. The van der Waals surface area contributed by atoms with Gasteiger partial charge in [-0.2, -0.15) is 4.31 Å².